The quantitative estimate of drug-likeness (QED) is 0.552. The molecule has 15 heavy (non-hydrogen) atoms. The monoisotopic (exact) mass is 204 g/mol. The van der Waals surface area contributed by atoms with Gasteiger partial charge in [0.25, 0.3) is 0 Å². The van der Waals surface area contributed by atoms with Crippen LogP contribution in [0.15, 0.2) is 11.1 Å². The van der Waals surface area contributed by atoms with Crippen molar-refractivity contribution in [2.75, 3.05) is 0 Å². The van der Waals surface area contributed by atoms with Crippen LogP contribution >= 0.6 is 0 Å². The number of fused-ring (bicyclic) bond motifs is 1. The second kappa shape index (κ2) is 2.56. The Labute approximate surface area is 91.9 Å². The molecule has 1 heteroatoms. The zero-order valence-electron chi connectivity index (χ0n) is 10.0. The van der Waals surface area contributed by atoms with Gasteiger partial charge in [0.15, 0.2) is 0 Å². The summed E-state index contributed by atoms with van der Waals surface area (Å²) in [7, 11) is 0. The van der Waals surface area contributed by atoms with Crippen molar-refractivity contribution >= 4 is 5.78 Å². The van der Waals surface area contributed by atoms with Gasteiger partial charge < -0.3 is 0 Å². The van der Waals surface area contributed by atoms with E-state index >= 15 is 0 Å². The number of ketones is 1. The van der Waals surface area contributed by atoms with Gasteiger partial charge in [-0.15, -0.1) is 0 Å². The van der Waals surface area contributed by atoms with Gasteiger partial charge in [0.2, 0.25) is 0 Å². The lowest BCUT2D eigenvalue weighted by Gasteiger charge is -2.41. The second-order valence-electron chi connectivity index (χ2n) is 6.27. The van der Waals surface area contributed by atoms with E-state index < -0.39 is 0 Å². The number of allylic oxidation sites excluding steroid dienone is 2. The number of carbonyl (C=O) groups excluding carboxylic acids is 1. The number of carbonyl (C=O) groups is 1. The zero-order chi connectivity index (χ0) is 10.8. The lowest BCUT2D eigenvalue weighted by molar-refractivity contribution is -0.124. The zero-order valence-corrected chi connectivity index (χ0v) is 10.0. The summed E-state index contributed by atoms with van der Waals surface area (Å²) in [6.45, 7) is 7.02. The van der Waals surface area contributed by atoms with Gasteiger partial charge in [0, 0.05) is 6.42 Å². The van der Waals surface area contributed by atoms with Crippen molar-refractivity contribution < 1.29 is 4.79 Å². The van der Waals surface area contributed by atoms with E-state index in [1.165, 1.54) is 12.0 Å². The van der Waals surface area contributed by atoms with Crippen LogP contribution in [0.4, 0.5) is 0 Å². The van der Waals surface area contributed by atoms with Crippen LogP contribution in [0.5, 0.6) is 0 Å². The molecule has 0 amide bonds. The molecule has 2 bridgehead atoms. The third-order valence-corrected chi connectivity index (χ3v) is 5.67. The van der Waals surface area contributed by atoms with Crippen LogP contribution in [-0.2, 0) is 4.79 Å². The number of hydrogen-bond acceptors (Lipinski definition) is 1. The predicted molar refractivity (Wildman–Crippen MR) is 60.5 cm³/mol. The summed E-state index contributed by atoms with van der Waals surface area (Å²) in [6.07, 6.45) is 5.44. The van der Waals surface area contributed by atoms with Crippen LogP contribution in [-0.4, -0.2) is 5.78 Å². The minimum Gasteiger partial charge on any atom is -0.299 e. The first-order valence-corrected chi connectivity index (χ1v) is 6.22. The average Bonchev–Trinajstić information content (AvgIpc) is 2.72. The smallest absolute Gasteiger partial charge is 0.143 e. The first kappa shape index (κ1) is 9.62. The molecule has 3 aliphatic carbocycles. The van der Waals surface area contributed by atoms with E-state index in [2.05, 4.69) is 20.8 Å². The lowest BCUT2D eigenvalue weighted by Crippen LogP contribution is -2.35. The van der Waals surface area contributed by atoms with Crippen molar-refractivity contribution in [2.24, 2.45) is 16.7 Å². The molecule has 3 aliphatic rings. The largest absolute Gasteiger partial charge is 0.299 e. The van der Waals surface area contributed by atoms with Crippen LogP contribution < -0.4 is 0 Å². The van der Waals surface area contributed by atoms with Gasteiger partial charge in [-0.2, -0.15) is 0 Å². The third kappa shape index (κ3) is 0.926. The average molecular weight is 204 g/mol. The van der Waals surface area contributed by atoms with E-state index in [9.17, 15) is 4.79 Å². The highest BCUT2D eigenvalue weighted by Crippen LogP contribution is 2.64. The summed E-state index contributed by atoms with van der Waals surface area (Å²) >= 11 is 0. The van der Waals surface area contributed by atoms with Gasteiger partial charge in [0.1, 0.15) is 5.78 Å². The van der Waals surface area contributed by atoms with Gasteiger partial charge in [-0.25, -0.2) is 0 Å². The Bertz CT molecular complexity index is 375. The van der Waals surface area contributed by atoms with E-state index in [0.717, 1.165) is 31.6 Å². The molecule has 0 unspecified atom stereocenters. The van der Waals surface area contributed by atoms with Crippen molar-refractivity contribution in [1.29, 1.82) is 0 Å². The molecule has 1 nitrogen and oxygen atoms in total. The highest BCUT2D eigenvalue weighted by molar-refractivity contribution is 5.92. The summed E-state index contributed by atoms with van der Waals surface area (Å²) in [6, 6.07) is 0. The summed E-state index contributed by atoms with van der Waals surface area (Å²) in [4.78, 5) is 12.1. The van der Waals surface area contributed by atoms with Crippen LogP contribution in [0.1, 0.15) is 52.9 Å². The molecule has 0 aliphatic heterocycles. The first-order valence-electron chi connectivity index (χ1n) is 6.22. The first-order chi connectivity index (χ1) is 6.98. The predicted octanol–water partition coefficient (Wildman–Crippen LogP) is 3.49. The lowest BCUT2D eigenvalue weighted by atomic mass is 9.62. The molecule has 2 atom stereocenters. The van der Waals surface area contributed by atoms with Crippen LogP contribution in [0.25, 0.3) is 0 Å². The SMILES string of the molecule is CC1=C2CCC(=O)[C@@]23CC[C@H](C3)C1(C)C. The maximum absolute atomic E-state index is 12.1. The van der Waals surface area contributed by atoms with Gasteiger partial charge in [-0.05, 0) is 43.9 Å². The molecule has 2 fully saturated rings. The third-order valence-electron chi connectivity index (χ3n) is 5.67. The Morgan fingerprint density at radius 2 is 2.00 bits per heavy atom. The highest BCUT2D eigenvalue weighted by Gasteiger charge is 2.58. The summed E-state index contributed by atoms with van der Waals surface area (Å²) < 4.78 is 0. The Kier molecular flexibility index (Phi) is 1.64. The number of Topliss-reactive ketones (excluding diaryl/α,β-unsaturated/α-hetero) is 1. The fourth-order valence-electron chi connectivity index (χ4n) is 4.32. The molecule has 1 spiro atoms. The van der Waals surface area contributed by atoms with Crippen LogP contribution in [0.2, 0.25) is 0 Å². The minimum atomic E-state index is 0.0320. The molecular weight excluding hydrogens is 184 g/mol. The van der Waals surface area contributed by atoms with E-state index in [-0.39, 0.29) is 5.41 Å². The molecule has 0 aromatic heterocycles. The van der Waals surface area contributed by atoms with Crippen molar-refractivity contribution in [3.05, 3.63) is 11.1 Å². The molecule has 0 radical (unpaired) electrons. The van der Waals surface area contributed by atoms with E-state index in [1.54, 1.807) is 5.57 Å². The minimum absolute atomic E-state index is 0.0320. The summed E-state index contributed by atoms with van der Waals surface area (Å²) in [5.74, 6) is 1.30. The Morgan fingerprint density at radius 3 is 2.73 bits per heavy atom. The van der Waals surface area contributed by atoms with Crippen molar-refractivity contribution in [3.63, 3.8) is 0 Å². The molecule has 2 saturated carbocycles. The molecule has 3 rings (SSSR count). The second-order valence-corrected chi connectivity index (χ2v) is 6.27. The van der Waals surface area contributed by atoms with Gasteiger partial charge >= 0.3 is 0 Å². The van der Waals surface area contributed by atoms with E-state index in [1.807, 2.05) is 0 Å². The van der Waals surface area contributed by atoms with Gasteiger partial charge in [0.05, 0.1) is 5.41 Å². The Morgan fingerprint density at radius 1 is 1.27 bits per heavy atom. The molecule has 0 N–H and O–H groups in total. The molecule has 0 saturated heterocycles. The van der Waals surface area contributed by atoms with Crippen molar-refractivity contribution in [3.8, 4) is 0 Å². The highest BCUT2D eigenvalue weighted by atomic mass is 16.1. The maximum atomic E-state index is 12.1. The Hall–Kier alpha value is -0.590. The molecular formula is C14H20O. The Balaban J connectivity index is 2.22. The van der Waals surface area contributed by atoms with Crippen molar-refractivity contribution in [2.45, 2.75) is 52.9 Å². The van der Waals surface area contributed by atoms with E-state index in [4.69, 9.17) is 0 Å². The molecule has 0 aromatic carbocycles. The summed E-state index contributed by atoms with van der Waals surface area (Å²) in [5, 5.41) is 0. The number of rotatable bonds is 0. The summed E-state index contributed by atoms with van der Waals surface area (Å²) in [5.41, 5.74) is 3.46. The van der Waals surface area contributed by atoms with E-state index in [0.29, 0.717) is 11.2 Å². The van der Waals surface area contributed by atoms with Crippen molar-refractivity contribution in [1.82, 2.24) is 0 Å². The van der Waals surface area contributed by atoms with Gasteiger partial charge in [-0.3, -0.25) is 4.79 Å². The fourth-order valence-corrected chi connectivity index (χ4v) is 4.32. The maximum Gasteiger partial charge on any atom is 0.143 e. The molecule has 0 heterocycles. The van der Waals surface area contributed by atoms with Crippen LogP contribution in [0.3, 0.4) is 0 Å². The van der Waals surface area contributed by atoms with Crippen LogP contribution in [0, 0.1) is 16.7 Å². The van der Waals surface area contributed by atoms with Gasteiger partial charge in [-0.1, -0.05) is 25.0 Å². The number of hydrogen-bond donors (Lipinski definition) is 0. The normalized spacial score (nSPS) is 42.3. The standard InChI is InChI=1S/C14H20O/c1-9-11-4-5-12(15)14(11)7-6-10(8-14)13(9,2)3/h10H,4-8H2,1-3H3/t10-,14-/m1/s1. The molecule has 0 aromatic rings. The fraction of sp³-hybridized carbons (Fsp3) is 0.786. The molecule has 82 valence electrons. The topological polar surface area (TPSA) is 17.1 Å².